The van der Waals surface area contributed by atoms with Crippen molar-refractivity contribution in [3.8, 4) is 5.75 Å². The summed E-state index contributed by atoms with van der Waals surface area (Å²) in [6, 6.07) is 6.58. The van der Waals surface area contributed by atoms with Crippen molar-refractivity contribution in [1.82, 2.24) is 0 Å². The van der Waals surface area contributed by atoms with Crippen LogP contribution in [0, 0.1) is 13.8 Å². The maximum atomic E-state index is 12.6. The van der Waals surface area contributed by atoms with Crippen molar-refractivity contribution in [1.29, 1.82) is 0 Å². The van der Waals surface area contributed by atoms with Crippen LogP contribution >= 0.6 is 11.3 Å². The van der Waals surface area contributed by atoms with Crippen LogP contribution in [0.15, 0.2) is 24.3 Å². The maximum Gasteiger partial charge on any atom is 0.342 e. The van der Waals surface area contributed by atoms with E-state index in [1.807, 2.05) is 6.92 Å². The number of nitrogens with one attached hydrogen (secondary N) is 1. The van der Waals surface area contributed by atoms with Gasteiger partial charge >= 0.3 is 5.97 Å². The van der Waals surface area contributed by atoms with Gasteiger partial charge in [0.15, 0.2) is 6.10 Å². The highest BCUT2D eigenvalue weighted by molar-refractivity contribution is 7.16. The molecule has 0 fully saturated rings. The Labute approximate surface area is 156 Å². The fraction of sp³-hybridized carbons (Fsp3) is 0.316. The third kappa shape index (κ3) is 4.29. The minimum atomic E-state index is -0.958. The van der Waals surface area contributed by atoms with Gasteiger partial charge in [-0.2, -0.15) is 0 Å². The number of methoxy groups -OCH3 is 1. The van der Waals surface area contributed by atoms with Crippen LogP contribution in [-0.4, -0.2) is 30.9 Å². The molecule has 1 N–H and O–H groups in total. The van der Waals surface area contributed by atoms with Gasteiger partial charge in [-0.25, -0.2) is 4.79 Å². The van der Waals surface area contributed by atoms with E-state index in [0.29, 0.717) is 16.3 Å². The molecule has 1 atom stereocenters. The van der Waals surface area contributed by atoms with E-state index in [4.69, 9.17) is 9.47 Å². The van der Waals surface area contributed by atoms with Crippen molar-refractivity contribution in [3.63, 3.8) is 0 Å². The third-order valence-corrected chi connectivity index (χ3v) is 5.03. The molecule has 138 valence electrons. The van der Waals surface area contributed by atoms with Crippen LogP contribution in [0.4, 0.5) is 5.00 Å². The van der Waals surface area contributed by atoms with Crippen molar-refractivity contribution < 1.29 is 23.9 Å². The standard InChI is InChI=1S/C19H21NO5S/c1-10-12(3)26-18(20-13(4)21)16(10)19(23)25-11(2)17(22)14-6-8-15(24-5)9-7-14/h6-9,11H,1-5H3,(H,20,21)/t11-/m1/s1. The largest absolute Gasteiger partial charge is 0.497 e. The minimum Gasteiger partial charge on any atom is -0.497 e. The van der Waals surface area contributed by atoms with Crippen LogP contribution in [0.5, 0.6) is 5.75 Å². The highest BCUT2D eigenvalue weighted by Gasteiger charge is 2.26. The summed E-state index contributed by atoms with van der Waals surface area (Å²) in [5, 5.41) is 3.07. The molecule has 6 nitrogen and oxygen atoms in total. The molecule has 0 saturated heterocycles. The fourth-order valence-electron chi connectivity index (χ4n) is 2.38. The number of aryl methyl sites for hydroxylation is 1. The Bertz CT molecular complexity index is 838. The van der Waals surface area contributed by atoms with Crippen LogP contribution in [0.25, 0.3) is 0 Å². The molecular weight excluding hydrogens is 354 g/mol. The van der Waals surface area contributed by atoms with Crippen LogP contribution in [0.1, 0.15) is 45.0 Å². The van der Waals surface area contributed by atoms with E-state index in [1.165, 1.54) is 25.2 Å². The number of amides is 1. The van der Waals surface area contributed by atoms with Gasteiger partial charge in [0, 0.05) is 17.4 Å². The molecule has 0 aliphatic carbocycles. The first-order chi connectivity index (χ1) is 12.2. The molecule has 0 saturated carbocycles. The zero-order valence-electron chi connectivity index (χ0n) is 15.3. The van der Waals surface area contributed by atoms with E-state index in [-0.39, 0.29) is 17.3 Å². The molecule has 1 aromatic heterocycles. The number of hydrogen-bond acceptors (Lipinski definition) is 6. The molecular formula is C19H21NO5S. The first-order valence-electron chi connectivity index (χ1n) is 8.01. The molecule has 1 amide bonds. The molecule has 0 aliphatic heterocycles. The Hall–Kier alpha value is -2.67. The molecule has 0 aliphatic rings. The number of rotatable bonds is 6. The second-order valence-corrected chi connectivity index (χ2v) is 7.03. The highest BCUT2D eigenvalue weighted by Crippen LogP contribution is 2.33. The lowest BCUT2D eigenvalue weighted by Gasteiger charge is -2.13. The lowest BCUT2D eigenvalue weighted by Crippen LogP contribution is -2.25. The summed E-state index contributed by atoms with van der Waals surface area (Å²) in [6.45, 7) is 6.53. The van der Waals surface area contributed by atoms with E-state index in [0.717, 1.165) is 10.4 Å². The van der Waals surface area contributed by atoms with Crippen LogP contribution < -0.4 is 10.1 Å². The van der Waals surface area contributed by atoms with E-state index >= 15 is 0 Å². The van der Waals surface area contributed by atoms with Gasteiger partial charge in [-0.1, -0.05) is 0 Å². The molecule has 2 rings (SSSR count). The minimum absolute atomic E-state index is 0.275. The number of ether oxygens (including phenoxy) is 2. The summed E-state index contributed by atoms with van der Waals surface area (Å²) >= 11 is 1.30. The van der Waals surface area contributed by atoms with Crippen LogP contribution in [0.2, 0.25) is 0 Å². The monoisotopic (exact) mass is 375 g/mol. The zero-order chi connectivity index (χ0) is 19.4. The predicted octanol–water partition coefficient (Wildman–Crippen LogP) is 3.76. The Morgan fingerprint density at radius 1 is 1.12 bits per heavy atom. The molecule has 0 bridgehead atoms. The van der Waals surface area contributed by atoms with Gasteiger partial charge in [-0.15, -0.1) is 11.3 Å². The number of carbonyl (C=O) groups is 3. The van der Waals surface area contributed by atoms with E-state index in [9.17, 15) is 14.4 Å². The topological polar surface area (TPSA) is 81.7 Å². The summed E-state index contributed by atoms with van der Waals surface area (Å²) in [5.41, 5.74) is 1.44. The zero-order valence-corrected chi connectivity index (χ0v) is 16.2. The average Bonchev–Trinajstić information content (AvgIpc) is 2.87. The van der Waals surface area contributed by atoms with E-state index < -0.39 is 12.1 Å². The summed E-state index contributed by atoms with van der Waals surface area (Å²) < 4.78 is 10.4. The van der Waals surface area contributed by atoms with Crippen molar-refractivity contribution in [2.45, 2.75) is 33.8 Å². The molecule has 0 unspecified atom stereocenters. The molecule has 0 radical (unpaired) electrons. The van der Waals surface area contributed by atoms with Gasteiger partial charge in [0.25, 0.3) is 0 Å². The Balaban J connectivity index is 2.18. The number of ketones is 1. The van der Waals surface area contributed by atoms with E-state index in [2.05, 4.69) is 5.32 Å². The van der Waals surface area contributed by atoms with Crippen LogP contribution in [0.3, 0.4) is 0 Å². The molecule has 1 aromatic carbocycles. The van der Waals surface area contributed by atoms with Gasteiger partial charge in [0.2, 0.25) is 11.7 Å². The van der Waals surface area contributed by atoms with Crippen LogP contribution in [-0.2, 0) is 9.53 Å². The number of esters is 1. The summed E-state index contributed by atoms with van der Waals surface area (Å²) in [7, 11) is 1.54. The second kappa shape index (κ2) is 8.14. The smallest absolute Gasteiger partial charge is 0.342 e. The van der Waals surface area contributed by atoms with Gasteiger partial charge < -0.3 is 14.8 Å². The normalized spacial score (nSPS) is 11.6. The summed E-state index contributed by atoms with van der Waals surface area (Å²) in [4.78, 5) is 37.3. The Kier molecular flexibility index (Phi) is 6.15. The number of Topliss-reactive ketones (excluding diaryl/α,β-unsaturated/α-hetero) is 1. The molecule has 2 aromatic rings. The highest BCUT2D eigenvalue weighted by atomic mass is 32.1. The molecule has 0 spiro atoms. The summed E-state index contributed by atoms with van der Waals surface area (Å²) in [6.07, 6.45) is -0.958. The molecule has 7 heteroatoms. The molecule has 1 heterocycles. The van der Waals surface area contributed by atoms with Crippen molar-refractivity contribution in [3.05, 3.63) is 45.8 Å². The lowest BCUT2D eigenvalue weighted by atomic mass is 10.1. The number of thiophene rings is 1. The second-order valence-electron chi connectivity index (χ2n) is 5.81. The number of carbonyl (C=O) groups excluding carboxylic acids is 3. The average molecular weight is 375 g/mol. The first kappa shape index (κ1) is 19.7. The summed E-state index contributed by atoms with van der Waals surface area (Å²) in [5.74, 6) is -0.588. The fourth-order valence-corrected chi connectivity index (χ4v) is 3.48. The molecule has 26 heavy (non-hydrogen) atoms. The van der Waals surface area contributed by atoms with Gasteiger partial charge in [0.05, 0.1) is 12.7 Å². The number of anilines is 1. The lowest BCUT2D eigenvalue weighted by molar-refractivity contribution is -0.114. The van der Waals surface area contributed by atoms with Crippen molar-refractivity contribution >= 4 is 34.0 Å². The van der Waals surface area contributed by atoms with Gasteiger partial charge in [0.1, 0.15) is 10.8 Å². The SMILES string of the molecule is COc1ccc(C(=O)[C@@H](C)OC(=O)c2c(NC(C)=O)sc(C)c2C)cc1. The van der Waals surface area contributed by atoms with E-state index in [1.54, 1.807) is 38.3 Å². The third-order valence-electron chi connectivity index (χ3n) is 3.91. The predicted molar refractivity (Wildman–Crippen MR) is 100 cm³/mol. The van der Waals surface area contributed by atoms with Gasteiger partial charge in [-0.05, 0) is 50.6 Å². The van der Waals surface area contributed by atoms with Crippen molar-refractivity contribution in [2.75, 3.05) is 12.4 Å². The quantitative estimate of drug-likeness (QED) is 0.614. The Morgan fingerprint density at radius 3 is 2.27 bits per heavy atom. The number of benzene rings is 1. The first-order valence-corrected chi connectivity index (χ1v) is 8.83. The maximum absolute atomic E-state index is 12.6. The Morgan fingerprint density at radius 2 is 1.73 bits per heavy atom. The van der Waals surface area contributed by atoms with Crippen molar-refractivity contribution in [2.24, 2.45) is 0 Å². The number of hydrogen-bond donors (Lipinski definition) is 1. The van der Waals surface area contributed by atoms with Gasteiger partial charge in [-0.3, -0.25) is 9.59 Å².